The van der Waals surface area contributed by atoms with Gasteiger partial charge in [-0.15, -0.1) is 11.3 Å². The molecular weight excluding hydrogens is 440 g/mol. The van der Waals surface area contributed by atoms with E-state index in [0.717, 1.165) is 4.31 Å². The Morgan fingerprint density at radius 2 is 1.77 bits per heavy atom. The molecule has 2 aromatic carbocycles. The second kappa shape index (κ2) is 9.92. The average molecular weight is 463 g/mol. The maximum atomic E-state index is 13.4. The summed E-state index contributed by atoms with van der Waals surface area (Å²) in [4.78, 5) is 12.7. The van der Waals surface area contributed by atoms with Crippen LogP contribution in [0.2, 0.25) is 0 Å². The van der Waals surface area contributed by atoms with E-state index in [-0.39, 0.29) is 11.4 Å². The topological polar surface area (TPSA) is 105 Å². The summed E-state index contributed by atoms with van der Waals surface area (Å²) in [6, 6.07) is 15.5. The molecular formula is C21H22N2O6S2. The molecule has 0 radical (unpaired) electrons. The van der Waals surface area contributed by atoms with Crippen LogP contribution < -0.4 is 15.0 Å². The van der Waals surface area contributed by atoms with E-state index in [9.17, 15) is 13.2 Å². The van der Waals surface area contributed by atoms with Gasteiger partial charge in [0.1, 0.15) is 23.3 Å². The van der Waals surface area contributed by atoms with E-state index in [1.54, 1.807) is 23.6 Å². The summed E-state index contributed by atoms with van der Waals surface area (Å²) in [5.74, 6) is 0.748. The Hall–Kier alpha value is -2.92. The second-order valence-corrected chi connectivity index (χ2v) is 9.39. The van der Waals surface area contributed by atoms with Gasteiger partial charge in [0, 0.05) is 0 Å². The Kier molecular flexibility index (Phi) is 7.29. The van der Waals surface area contributed by atoms with Gasteiger partial charge >= 0.3 is 0 Å². The highest BCUT2D eigenvalue weighted by Gasteiger charge is 2.34. The zero-order chi connectivity index (χ0) is 22.4. The van der Waals surface area contributed by atoms with E-state index in [4.69, 9.17) is 14.7 Å². The lowest BCUT2D eigenvalue weighted by atomic mass is 10.3. The summed E-state index contributed by atoms with van der Waals surface area (Å²) < 4.78 is 38.7. The minimum Gasteiger partial charge on any atom is -0.497 e. The van der Waals surface area contributed by atoms with Gasteiger partial charge < -0.3 is 9.47 Å². The lowest BCUT2D eigenvalue weighted by Gasteiger charge is -2.27. The first-order valence-corrected chi connectivity index (χ1v) is 11.6. The SMILES string of the molecule is COc1ccc(S(=O)(=O)N(Cc2sccc2Oc2ccccc2)[C@H](C)C(=O)NO)cc1. The van der Waals surface area contributed by atoms with Crippen LogP contribution >= 0.6 is 11.3 Å². The highest BCUT2D eigenvalue weighted by molar-refractivity contribution is 7.89. The number of nitrogens with one attached hydrogen (secondary N) is 1. The Labute approximate surface area is 184 Å². The molecule has 8 nitrogen and oxygen atoms in total. The molecule has 1 amide bonds. The molecule has 1 aromatic heterocycles. The summed E-state index contributed by atoms with van der Waals surface area (Å²) in [5.41, 5.74) is 1.53. The average Bonchev–Trinajstić information content (AvgIpc) is 3.23. The first-order chi connectivity index (χ1) is 14.9. The van der Waals surface area contributed by atoms with Gasteiger partial charge in [0.15, 0.2) is 0 Å². The van der Waals surface area contributed by atoms with Crippen molar-refractivity contribution in [2.45, 2.75) is 24.4 Å². The number of sulfonamides is 1. The van der Waals surface area contributed by atoms with Crippen LogP contribution in [0.5, 0.6) is 17.2 Å². The summed E-state index contributed by atoms with van der Waals surface area (Å²) in [5, 5.41) is 10.9. The van der Waals surface area contributed by atoms with Crippen molar-refractivity contribution in [1.82, 2.24) is 9.79 Å². The van der Waals surface area contributed by atoms with Crippen molar-refractivity contribution in [3.05, 3.63) is 70.9 Å². The summed E-state index contributed by atoms with van der Waals surface area (Å²) in [6.45, 7) is 1.28. The molecule has 0 aliphatic rings. The van der Waals surface area contributed by atoms with Gasteiger partial charge in [-0.2, -0.15) is 4.31 Å². The third kappa shape index (κ3) is 5.23. The number of methoxy groups -OCH3 is 1. The van der Waals surface area contributed by atoms with Crippen LogP contribution in [0.15, 0.2) is 70.9 Å². The van der Waals surface area contributed by atoms with Crippen LogP contribution in [0.3, 0.4) is 0 Å². The van der Waals surface area contributed by atoms with Gasteiger partial charge in [-0.05, 0) is 54.8 Å². The van der Waals surface area contributed by atoms with E-state index in [0.29, 0.717) is 22.1 Å². The molecule has 1 atom stereocenters. The molecule has 0 aliphatic carbocycles. The number of hydroxylamine groups is 1. The van der Waals surface area contributed by atoms with Crippen molar-refractivity contribution in [3.8, 4) is 17.2 Å². The van der Waals surface area contributed by atoms with E-state index in [1.165, 1.54) is 55.1 Å². The number of hydrogen-bond acceptors (Lipinski definition) is 7. The number of carbonyl (C=O) groups excluding carboxylic acids is 1. The molecule has 0 spiro atoms. The number of amides is 1. The number of ether oxygens (including phenoxy) is 2. The number of hydrogen-bond donors (Lipinski definition) is 2. The largest absolute Gasteiger partial charge is 0.497 e. The fraction of sp³-hybridized carbons (Fsp3) is 0.190. The Morgan fingerprint density at radius 3 is 2.39 bits per heavy atom. The quantitative estimate of drug-likeness (QED) is 0.372. The molecule has 0 aliphatic heterocycles. The minimum atomic E-state index is -4.09. The van der Waals surface area contributed by atoms with Crippen LogP contribution in [0.1, 0.15) is 11.8 Å². The highest BCUT2D eigenvalue weighted by atomic mass is 32.2. The second-order valence-electron chi connectivity index (χ2n) is 6.50. The normalized spacial score (nSPS) is 12.4. The molecule has 0 saturated carbocycles. The zero-order valence-electron chi connectivity index (χ0n) is 16.9. The van der Waals surface area contributed by atoms with Crippen LogP contribution in [-0.2, 0) is 21.4 Å². The molecule has 2 N–H and O–H groups in total. The van der Waals surface area contributed by atoms with Crippen molar-refractivity contribution in [1.29, 1.82) is 0 Å². The van der Waals surface area contributed by atoms with Crippen molar-refractivity contribution in [2.75, 3.05) is 7.11 Å². The lowest BCUT2D eigenvalue weighted by molar-refractivity contribution is -0.132. The molecule has 3 aromatic rings. The van der Waals surface area contributed by atoms with Crippen molar-refractivity contribution in [3.63, 3.8) is 0 Å². The zero-order valence-corrected chi connectivity index (χ0v) is 18.5. The first-order valence-electron chi connectivity index (χ1n) is 9.26. The van der Waals surface area contributed by atoms with Gasteiger partial charge in [0.25, 0.3) is 5.91 Å². The van der Waals surface area contributed by atoms with Crippen LogP contribution in [0.4, 0.5) is 0 Å². The molecule has 0 fully saturated rings. The highest BCUT2D eigenvalue weighted by Crippen LogP contribution is 2.33. The Balaban J connectivity index is 1.95. The molecule has 0 bridgehead atoms. The fourth-order valence-corrected chi connectivity index (χ4v) is 5.27. The molecule has 164 valence electrons. The third-order valence-corrected chi connectivity index (χ3v) is 7.38. The predicted octanol–water partition coefficient (Wildman–Crippen LogP) is 3.63. The molecule has 31 heavy (non-hydrogen) atoms. The summed E-state index contributed by atoms with van der Waals surface area (Å²) >= 11 is 1.31. The molecule has 10 heteroatoms. The molecule has 0 saturated heterocycles. The van der Waals surface area contributed by atoms with E-state index < -0.39 is 22.0 Å². The monoisotopic (exact) mass is 462 g/mol. The van der Waals surface area contributed by atoms with E-state index in [2.05, 4.69) is 0 Å². The number of carbonyl (C=O) groups is 1. The third-order valence-electron chi connectivity index (χ3n) is 4.56. The maximum Gasteiger partial charge on any atom is 0.261 e. The van der Waals surface area contributed by atoms with Crippen molar-refractivity contribution < 1.29 is 27.9 Å². The van der Waals surface area contributed by atoms with Crippen LogP contribution in [0, 0.1) is 0 Å². The van der Waals surface area contributed by atoms with Crippen LogP contribution in [-0.4, -0.2) is 37.0 Å². The molecule has 1 heterocycles. The van der Waals surface area contributed by atoms with Gasteiger partial charge in [0.05, 0.1) is 23.4 Å². The van der Waals surface area contributed by atoms with E-state index in [1.807, 2.05) is 18.2 Å². The molecule has 3 rings (SSSR count). The number of thiophene rings is 1. The number of benzene rings is 2. The number of para-hydroxylation sites is 1. The van der Waals surface area contributed by atoms with Gasteiger partial charge in [0.2, 0.25) is 10.0 Å². The van der Waals surface area contributed by atoms with Crippen molar-refractivity contribution in [2.24, 2.45) is 0 Å². The summed E-state index contributed by atoms with van der Waals surface area (Å²) in [6.07, 6.45) is 0. The van der Waals surface area contributed by atoms with Gasteiger partial charge in [-0.1, -0.05) is 18.2 Å². The van der Waals surface area contributed by atoms with Crippen molar-refractivity contribution >= 4 is 27.3 Å². The lowest BCUT2D eigenvalue weighted by Crippen LogP contribution is -2.46. The predicted molar refractivity (Wildman–Crippen MR) is 116 cm³/mol. The number of rotatable bonds is 9. The summed E-state index contributed by atoms with van der Waals surface area (Å²) in [7, 11) is -2.61. The van der Waals surface area contributed by atoms with Crippen LogP contribution in [0.25, 0.3) is 0 Å². The Morgan fingerprint density at radius 1 is 1.10 bits per heavy atom. The first kappa shape index (κ1) is 22.8. The maximum absolute atomic E-state index is 13.4. The van der Waals surface area contributed by atoms with Gasteiger partial charge in [-0.25, -0.2) is 13.9 Å². The smallest absolute Gasteiger partial charge is 0.261 e. The Bertz CT molecular complexity index is 1110. The fourth-order valence-electron chi connectivity index (χ4n) is 2.83. The van der Waals surface area contributed by atoms with Gasteiger partial charge in [-0.3, -0.25) is 10.0 Å². The minimum absolute atomic E-state index is 0.00651. The number of nitrogens with zero attached hydrogens (tertiary/aromatic N) is 1. The standard InChI is InChI=1S/C21H22N2O6S2/c1-15(21(24)22-25)23(31(26,27)18-10-8-16(28-2)9-11-18)14-20-19(12-13-30-20)29-17-6-4-3-5-7-17/h3-13,15,25H,14H2,1-2H3,(H,22,24)/t15-/m1/s1. The molecule has 0 unspecified atom stereocenters. The van der Waals surface area contributed by atoms with E-state index >= 15 is 0 Å².